The second-order valence-electron chi connectivity index (χ2n) is 5.59. The van der Waals surface area contributed by atoms with Crippen LogP contribution in [-0.2, 0) is 4.79 Å². The Labute approximate surface area is 135 Å². The summed E-state index contributed by atoms with van der Waals surface area (Å²) in [5.41, 5.74) is 0.659. The van der Waals surface area contributed by atoms with E-state index in [-0.39, 0.29) is 5.91 Å². The molecule has 0 saturated heterocycles. The molecule has 0 fully saturated rings. The monoisotopic (exact) mass is 357 g/mol. The van der Waals surface area contributed by atoms with Crippen molar-refractivity contribution >= 4 is 21.8 Å². The van der Waals surface area contributed by atoms with Crippen LogP contribution in [0.1, 0.15) is 45.8 Å². The zero-order valence-electron chi connectivity index (χ0n) is 13.0. The predicted molar refractivity (Wildman–Crippen MR) is 87.3 cm³/mol. The fourth-order valence-corrected chi connectivity index (χ4v) is 2.20. The Balaban J connectivity index is 2.65. The first-order chi connectivity index (χ1) is 9.81. The molecule has 4 nitrogen and oxygen atoms in total. The third-order valence-electron chi connectivity index (χ3n) is 3.12. The van der Waals surface area contributed by atoms with Gasteiger partial charge in [0.2, 0.25) is 0 Å². The van der Waals surface area contributed by atoms with Crippen LogP contribution in [0.15, 0.2) is 22.7 Å². The Kier molecular flexibility index (Phi) is 7.18. The van der Waals surface area contributed by atoms with Crippen molar-refractivity contribution in [2.24, 2.45) is 5.92 Å². The smallest absolute Gasteiger partial charge is 0.260 e. The predicted octanol–water partition coefficient (Wildman–Crippen LogP) is 3.43. The Morgan fingerprint density at radius 3 is 2.57 bits per heavy atom. The summed E-state index contributed by atoms with van der Waals surface area (Å²) < 4.78 is 6.55. The SMILES string of the molecule is CC(C)CCNC(=O)C(C)Oc1ccc(Br)cc1C(C)O. The lowest BCUT2D eigenvalue weighted by Gasteiger charge is -2.19. The molecular formula is C16H24BrNO3. The fourth-order valence-electron chi connectivity index (χ4n) is 1.82. The Hall–Kier alpha value is -1.07. The Bertz CT molecular complexity index is 475. The van der Waals surface area contributed by atoms with Gasteiger partial charge in [-0.1, -0.05) is 29.8 Å². The first-order valence-corrected chi connectivity index (χ1v) is 8.02. The van der Waals surface area contributed by atoms with E-state index >= 15 is 0 Å². The number of ether oxygens (including phenoxy) is 1. The molecule has 5 heteroatoms. The van der Waals surface area contributed by atoms with Gasteiger partial charge in [0.1, 0.15) is 5.75 Å². The van der Waals surface area contributed by atoms with Crippen molar-refractivity contribution in [1.29, 1.82) is 0 Å². The van der Waals surface area contributed by atoms with Gasteiger partial charge in [-0.25, -0.2) is 0 Å². The van der Waals surface area contributed by atoms with Crippen molar-refractivity contribution in [3.63, 3.8) is 0 Å². The summed E-state index contributed by atoms with van der Waals surface area (Å²) in [7, 11) is 0. The highest BCUT2D eigenvalue weighted by Gasteiger charge is 2.17. The quantitative estimate of drug-likeness (QED) is 0.785. The van der Waals surface area contributed by atoms with E-state index in [9.17, 15) is 9.90 Å². The summed E-state index contributed by atoms with van der Waals surface area (Å²) in [4.78, 5) is 12.0. The van der Waals surface area contributed by atoms with Gasteiger partial charge >= 0.3 is 0 Å². The maximum absolute atomic E-state index is 12.0. The molecule has 2 unspecified atom stereocenters. The molecule has 0 bridgehead atoms. The van der Waals surface area contributed by atoms with Crippen LogP contribution in [-0.4, -0.2) is 23.7 Å². The fraction of sp³-hybridized carbons (Fsp3) is 0.562. The van der Waals surface area contributed by atoms with E-state index in [1.54, 1.807) is 26.0 Å². The van der Waals surface area contributed by atoms with Crippen LogP contribution in [0, 0.1) is 5.92 Å². The average molecular weight is 358 g/mol. The normalized spacial score (nSPS) is 13.9. The standard InChI is InChI=1S/C16H24BrNO3/c1-10(2)7-8-18-16(20)12(4)21-15-6-5-13(17)9-14(15)11(3)19/h5-6,9-12,19H,7-8H2,1-4H3,(H,18,20). The molecule has 0 spiro atoms. The van der Waals surface area contributed by atoms with Gasteiger partial charge in [0.25, 0.3) is 5.91 Å². The first-order valence-electron chi connectivity index (χ1n) is 7.23. The van der Waals surface area contributed by atoms with E-state index in [0.717, 1.165) is 10.9 Å². The van der Waals surface area contributed by atoms with Crippen LogP contribution in [0.25, 0.3) is 0 Å². The largest absolute Gasteiger partial charge is 0.481 e. The summed E-state index contributed by atoms with van der Waals surface area (Å²) in [5.74, 6) is 0.935. The van der Waals surface area contributed by atoms with E-state index in [0.29, 0.717) is 23.8 Å². The minimum Gasteiger partial charge on any atom is -0.481 e. The van der Waals surface area contributed by atoms with Crippen LogP contribution in [0.3, 0.4) is 0 Å². The molecule has 0 aliphatic rings. The summed E-state index contributed by atoms with van der Waals surface area (Å²) >= 11 is 3.36. The van der Waals surface area contributed by atoms with Crippen molar-refractivity contribution in [2.75, 3.05) is 6.54 Å². The third-order valence-corrected chi connectivity index (χ3v) is 3.61. The molecule has 2 N–H and O–H groups in total. The van der Waals surface area contributed by atoms with Gasteiger partial charge in [-0.2, -0.15) is 0 Å². The number of hydrogen-bond acceptors (Lipinski definition) is 3. The van der Waals surface area contributed by atoms with Crippen LogP contribution in [0.2, 0.25) is 0 Å². The summed E-state index contributed by atoms with van der Waals surface area (Å²) in [6, 6.07) is 5.37. The lowest BCUT2D eigenvalue weighted by molar-refractivity contribution is -0.127. The first kappa shape index (κ1) is 18.0. The Morgan fingerprint density at radius 2 is 2.00 bits per heavy atom. The number of halogens is 1. The lowest BCUT2D eigenvalue weighted by Crippen LogP contribution is -2.37. The molecule has 0 aromatic heterocycles. The summed E-state index contributed by atoms with van der Waals surface area (Å²) in [6.07, 6.45) is -0.320. The Morgan fingerprint density at radius 1 is 1.33 bits per heavy atom. The highest BCUT2D eigenvalue weighted by atomic mass is 79.9. The van der Waals surface area contributed by atoms with Crippen LogP contribution in [0.5, 0.6) is 5.75 Å². The van der Waals surface area contributed by atoms with Crippen LogP contribution in [0.4, 0.5) is 0 Å². The molecule has 0 saturated carbocycles. The molecule has 0 radical (unpaired) electrons. The van der Waals surface area contributed by atoms with Crippen molar-refractivity contribution < 1.29 is 14.6 Å². The number of carbonyl (C=O) groups excluding carboxylic acids is 1. The van der Waals surface area contributed by atoms with Crippen molar-refractivity contribution in [3.8, 4) is 5.75 Å². The molecule has 1 aromatic rings. The highest BCUT2D eigenvalue weighted by molar-refractivity contribution is 9.10. The van der Waals surface area contributed by atoms with Crippen molar-refractivity contribution in [3.05, 3.63) is 28.2 Å². The maximum atomic E-state index is 12.0. The summed E-state index contributed by atoms with van der Waals surface area (Å²) in [5, 5.41) is 12.6. The van der Waals surface area contributed by atoms with Gasteiger partial charge in [0.15, 0.2) is 6.10 Å². The van der Waals surface area contributed by atoms with Gasteiger partial charge in [0.05, 0.1) is 6.10 Å². The van der Waals surface area contributed by atoms with E-state index in [1.807, 2.05) is 6.07 Å². The zero-order chi connectivity index (χ0) is 16.0. The van der Waals surface area contributed by atoms with E-state index < -0.39 is 12.2 Å². The molecule has 1 aromatic carbocycles. The number of amides is 1. The topological polar surface area (TPSA) is 58.6 Å². The number of hydrogen-bond donors (Lipinski definition) is 2. The van der Waals surface area contributed by atoms with Gasteiger partial charge in [-0.05, 0) is 44.4 Å². The number of benzene rings is 1. The van der Waals surface area contributed by atoms with Gasteiger partial charge < -0.3 is 15.2 Å². The van der Waals surface area contributed by atoms with E-state index in [4.69, 9.17) is 4.74 Å². The molecular weight excluding hydrogens is 334 g/mol. The van der Waals surface area contributed by atoms with Gasteiger partial charge in [-0.15, -0.1) is 0 Å². The molecule has 0 aliphatic heterocycles. The molecule has 0 aliphatic carbocycles. The number of aliphatic hydroxyl groups is 1. The van der Waals surface area contributed by atoms with Crippen LogP contribution < -0.4 is 10.1 Å². The van der Waals surface area contributed by atoms with Crippen molar-refractivity contribution in [1.82, 2.24) is 5.32 Å². The second kappa shape index (κ2) is 8.39. The minimum atomic E-state index is -0.659. The zero-order valence-corrected chi connectivity index (χ0v) is 14.6. The molecule has 118 valence electrons. The van der Waals surface area contributed by atoms with E-state index in [2.05, 4.69) is 35.1 Å². The number of nitrogens with one attached hydrogen (secondary N) is 1. The molecule has 2 atom stereocenters. The second-order valence-corrected chi connectivity index (χ2v) is 6.51. The molecule has 1 rings (SSSR count). The molecule has 0 heterocycles. The number of carbonyl (C=O) groups is 1. The minimum absolute atomic E-state index is 0.143. The number of aliphatic hydroxyl groups excluding tert-OH is 1. The summed E-state index contributed by atoms with van der Waals surface area (Å²) in [6.45, 7) is 8.25. The lowest BCUT2D eigenvalue weighted by atomic mass is 10.1. The molecule has 21 heavy (non-hydrogen) atoms. The van der Waals surface area contributed by atoms with Crippen LogP contribution >= 0.6 is 15.9 Å². The maximum Gasteiger partial charge on any atom is 0.260 e. The average Bonchev–Trinajstić information content (AvgIpc) is 2.39. The molecule has 1 amide bonds. The van der Waals surface area contributed by atoms with Gasteiger partial charge in [0, 0.05) is 16.6 Å². The third kappa shape index (κ3) is 6.06. The highest BCUT2D eigenvalue weighted by Crippen LogP contribution is 2.29. The van der Waals surface area contributed by atoms with Gasteiger partial charge in [-0.3, -0.25) is 4.79 Å². The van der Waals surface area contributed by atoms with E-state index in [1.165, 1.54) is 0 Å². The van der Waals surface area contributed by atoms with Crippen molar-refractivity contribution in [2.45, 2.75) is 46.3 Å². The number of rotatable bonds is 7.